The Labute approximate surface area is 486 Å². The number of hydrogen-bond acceptors (Lipinski definition) is 15. The van der Waals surface area contributed by atoms with Crippen LogP contribution in [-0.2, 0) is 65.4 Å². The summed E-state index contributed by atoms with van der Waals surface area (Å²) >= 11 is 0. The van der Waals surface area contributed by atoms with Gasteiger partial charge in [0, 0.05) is 25.7 Å². The van der Waals surface area contributed by atoms with Gasteiger partial charge >= 0.3 is 39.5 Å². The van der Waals surface area contributed by atoms with E-state index in [9.17, 15) is 43.2 Å². The molecular formula is C61H118O17P2. The van der Waals surface area contributed by atoms with Crippen molar-refractivity contribution in [2.24, 2.45) is 23.7 Å². The van der Waals surface area contributed by atoms with E-state index in [1.165, 1.54) is 77.0 Å². The van der Waals surface area contributed by atoms with E-state index in [4.69, 9.17) is 37.0 Å². The molecule has 0 saturated carbocycles. The van der Waals surface area contributed by atoms with E-state index in [1.807, 2.05) is 0 Å². The first kappa shape index (κ1) is 78.1. The van der Waals surface area contributed by atoms with Gasteiger partial charge in [-0.1, -0.05) is 235 Å². The minimum absolute atomic E-state index is 0.102. The first-order valence-electron chi connectivity index (χ1n) is 31.7. The van der Waals surface area contributed by atoms with Gasteiger partial charge in [-0.15, -0.1) is 0 Å². The van der Waals surface area contributed by atoms with Crippen LogP contribution < -0.4 is 0 Å². The fraction of sp³-hybridized carbons (Fsp3) is 0.934. The van der Waals surface area contributed by atoms with Gasteiger partial charge in [-0.25, -0.2) is 9.13 Å². The average Bonchev–Trinajstić information content (AvgIpc) is 3.40. The molecule has 0 heterocycles. The lowest BCUT2D eigenvalue weighted by molar-refractivity contribution is -0.161. The molecule has 6 atom stereocenters. The van der Waals surface area contributed by atoms with Gasteiger partial charge in [0.1, 0.15) is 19.3 Å². The van der Waals surface area contributed by atoms with Crippen LogP contribution in [0.15, 0.2) is 0 Å². The van der Waals surface area contributed by atoms with Gasteiger partial charge < -0.3 is 33.8 Å². The molecule has 0 amide bonds. The summed E-state index contributed by atoms with van der Waals surface area (Å²) in [6, 6.07) is 0. The molecule has 19 heteroatoms. The van der Waals surface area contributed by atoms with Crippen LogP contribution in [-0.4, -0.2) is 96.7 Å². The quantitative estimate of drug-likeness (QED) is 0.0222. The van der Waals surface area contributed by atoms with E-state index < -0.39 is 97.5 Å². The van der Waals surface area contributed by atoms with Crippen molar-refractivity contribution >= 4 is 39.5 Å². The third-order valence-electron chi connectivity index (χ3n) is 14.2. The second-order valence-electron chi connectivity index (χ2n) is 23.8. The third-order valence-corrected chi connectivity index (χ3v) is 16.1. The molecule has 17 nitrogen and oxygen atoms in total. The Morgan fingerprint density at radius 3 is 0.887 bits per heavy atom. The Kier molecular flexibility index (Phi) is 50.2. The number of aliphatic hydroxyl groups is 1. The highest BCUT2D eigenvalue weighted by atomic mass is 31.2. The normalized spacial score (nSPS) is 14.9. The molecule has 4 unspecified atom stereocenters. The van der Waals surface area contributed by atoms with Crippen molar-refractivity contribution in [3.8, 4) is 0 Å². The molecule has 0 rings (SSSR count). The van der Waals surface area contributed by atoms with Gasteiger partial charge in [0.2, 0.25) is 0 Å². The predicted molar refractivity (Wildman–Crippen MR) is 317 cm³/mol. The zero-order valence-electron chi connectivity index (χ0n) is 51.7. The Bertz CT molecular complexity index is 1610. The first-order chi connectivity index (χ1) is 38.1. The lowest BCUT2D eigenvalue weighted by Gasteiger charge is -2.21. The number of rotatable bonds is 58. The van der Waals surface area contributed by atoms with Gasteiger partial charge in [-0.05, 0) is 49.4 Å². The fourth-order valence-electron chi connectivity index (χ4n) is 8.87. The molecule has 0 spiro atoms. The molecular weight excluding hydrogens is 1070 g/mol. The van der Waals surface area contributed by atoms with Crippen molar-refractivity contribution in [2.45, 2.75) is 305 Å². The number of esters is 4. The zero-order chi connectivity index (χ0) is 59.7. The van der Waals surface area contributed by atoms with E-state index in [0.29, 0.717) is 43.4 Å². The summed E-state index contributed by atoms with van der Waals surface area (Å²) in [6.07, 6.45) is 29.7. The van der Waals surface area contributed by atoms with Gasteiger partial charge in [-0.2, -0.15) is 0 Å². The molecule has 0 fully saturated rings. The van der Waals surface area contributed by atoms with Crippen LogP contribution in [0, 0.1) is 23.7 Å². The highest BCUT2D eigenvalue weighted by Gasteiger charge is 2.30. The second kappa shape index (κ2) is 51.5. The van der Waals surface area contributed by atoms with E-state index in [-0.39, 0.29) is 25.7 Å². The minimum Gasteiger partial charge on any atom is -0.462 e. The Hall–Kier alpha value is -1.94. The number of phosphoric ester groups is 2. The van der Waals surface area contributed by atoms with Crippen molar-refractivity contribution in [2.75, 3.05) is 39.6 Å². The fourth-order valence-corrected chi connectivity index (χ4v) is 10.4. The molecule has 0 aromatic heterocycles. The Balaban J connectivity index is 5.26. The minimum atomic E-state index is -4.94. The van der Waals surface area contributed by atoms with Crippen molar-refractivity contribution in [1.82, 2.24) is 0 Å². The maximum atomic E-state index is 12.9. The summed E-state index contributed by atoms with van der Waals surface area (Å²) in [4.78, 5) is 72.0. The van der Waals surface area contributed by atoms with Crippen LogP contribution >= 0.6 is 15.6 Å². The smallest absolute Gasteiger partial charge is 0.462 e. The molecule has 0 aromatic carbocycles. The summed E-state index contributed by atoms with van der Waals surface area (Å²) in [6.45, 7) is 13.8. The predicted octanol–water partition coefficient (Wildman–Crippen LogP) is 16.2. The number of phosphoric acid groups is 2. The number of unbranched alkanes of at least 4 members (excludes halogenated alkanes) is 23. The van der Waals surface area contributed by atoms with E-state index in [2.05, 4.69) is 55.4 Å². The molecule has 0 saturated heterocycles. The maximum Gasteiger partial charge on any atom is 0.472 e. The first-order valence-corrected chi connectivity index (χ1v) is 34.7. The van der Waals surface area contributed by atoms with Crippen LogP contribution in [0.1, 0.15) is 287 Å². The van der Waals surface area contributed by atoms with Crippen LogP contribution in [0.5, 0.6) is 0 Å². The molecule has 0 aromatic rings. The van der Waals surface area contributed by atoms with Crippen LogP contribution in [0.25, 0.3) is 0 Å². The average molecular weight is 1190 g/mol. The largest absolute Gasteiger partial charge is 0.472 e. The lowest BCUT2D eigenvalue weighted by Crippen LogP contribution is -2.30. The Morgan fingerprint density at radius 2 is 0.600 bits per heavy atom. The van der Waals surface area contributed by atoms with Gasteiger partial charge in [-0.3, -0.25) is 37.3 Å². The summed E-state index contributed by atoms with van der Waals surface area (Å²) in [5.41, 5.74) is 0. The molecule has 3 N–H and O–H groups in total. The topological polar surface area (TPSA) is 237 Å². The summed E-state index contributed by atoms with van der Waals surface area (Å²) in [5, 5.41) is 10.5. The third kappa shape index (κ3) is 54.0. The van der Waals surface area contributed by atoms with E-state index in [1.54, 1.807) is 0 Å². The highest BCUT2D eigenvalue weighted by molar-refractivity contribution is 7.47. The van der Waals surface area contributed by atoms with Gasteiger partial charge in [0.05, 0.1) is 26.4 Å². The summed E-state index contributed by atoms with van der Waals surface area (Å²) in [7, 11) is -9.88. The number of carbonyl (C=O) groups excluding carboxylic acids is 4. The molecule has 0 aliphatic heterocycles. The summed E-state index contributed by atoms with van der Waals surface area (Å²) < 4.78 is 67.8. The molecule has 80 heavy (non-hydrogen) atoms. The number of carbonyl (C=O) groups is 4. The van der Waals surface area contributed by atoms with Crippen LogP contribution in [0.3, 0.4) is 0 Å². The summed E-state index contributed by atoms with van der Waals surface area (Å²) in [5.74, 6) is 0.679. The van der Waals surface area contributed by atoms with Crippen molar-refractivity contribution in [3.05, 3.63) is 0 Å². The molecule has 474 valence electrons. The Morgan fingerprint density at radius 1 is 0.350 bits per heavy atom. The highest BCUT2D eigenvalue weighted by Crippen LogP contribution is 2.45. The van der Waals surface area contributed by atoms with Gasteiger partial charge in [0.25, 0.3) is 0 Å². The maximum absolute atomic E-state index is 12.9. The van der Waals surface area contributed by atoms with Crippen molar-refractivity contribution < 1.29 is 80.2 Å². The van der Waals surface area contributed by atoms with Crippen molar-refractivity contribution in [1.29, 1.82) is 0 Å². The lowest BCUT2D eigenvalue weighted by atomic mass is 10.00. The molecule has 0 aliphatic carbocycles. The molecule has 0 radical (unpaired) electrons. The van der Waals surface area contributed by atoms with Gasteiger partial charge in [0.15, 0.2) is 12.2 Å². The standard InChI is InChI=1S/C61H118O17P2/c1-9-54(8)40-32-24-19-20-26-34-42-59(64)72-48-57(78-61(66)44-36-28-18-12-15-23-31-39-53(6)7)50-76-80(69,70)74-46-55(62)45-73-79(67,68)75-49-56(77-60(65)43-35-27-17-11-14-22-30-38-52(4)5)47-71-58(63)41-33-25-16-10-13-21-29-37-51(2)3/h51-57,62H,9-50H2,1-8H3,(H,67,68)(H,69,70)/t54?,55?,56-,57-/m1/s1. The van der Waals surface area contributed by atoms with Crippen LogP contribution in [0.2, 0.25) is 0 Å². The van der Waals surface area contributed by atoms with E-state index in [0.717, 1.165) is 109 Å². The molecule has 0 aliphatic rings. The number of aliphatic hydroxyl groups excluding tert-OH is 1. The van der Waals surface area contributed by atoms with Crippen molar-refractivity contribution in [3.63, 3.8) is 0 Å². The zero-order valence-corrected chi connectivity index (χ0v) is 53.5. The van der Waals surface area contributed by atoms with Crippen LogP contribution in [0.4, 0.5) is 0 Å². The van der Waals surface area contributed by atoms with E-state index >= 15 is 0 Å². The monoisotopic (exact) mass is 1180 g/mol. The SMILES string of the molecule is CCC(C)CCCCCCCCC(=O)OC[C@H](COP(=O)(O)OCC(O)COP(=O)(O)OC[C@@H](COC(=O)CCCCCCCCCC(C)C)OC(=O)CCCCCCCCCC(C)C)OC(=O)CCCCCCCCCC(C)C. The molecule has 0 bridgehead atoms. The number of hydrogen-bond donors (Lipinski definition) is 3. The second-order valence-corrected chi connectivity index (χ2v) is 26.7. The number of ether oxygens (including phenoxy) is 4.